The number of benzene rings is 2. The molecule has 6 nitrogen and oxygen atoms in total. The van der Waals surface area contributed by atoms with E-state index in [1.807, 2.05) is 39.8 Å². The Bertz CT molecular complexity index is 950. The first kappa shape index (κ1) is 24.4. The van der Waals surface area contributed by atoms with Gasteiger partial charge in [-0.05, 0) is 73.7 Å². The number of hydrogen-bond donors (Lipinski definition) is 2. The largest absolute Gasteiger partial charge is 0.484 e. The Hall–Kier alpha value is -1.90. The number of nitrogens with one attached hydrogen (secondary N) is 2. The second-order valence-electron chi connectivity index (χ2n) is 7.04. The van der Waals surface area contributed by atoms with Crippen molar-refractivity contribution in [1.82, 2.24) is 4.72 Å². The third kappa shape index (κ3) is 6.55. The second-order valence-corrected chi connectivity index (χ2v) is 9.67. The molecular formula is C22H29BrN2O4S. The van der Waals surface area contributed by atoms with Crippen molar-refractivity contribution < 1.29 is 17.9 Å². The molecule has 0 aliphatic heterocycles. The molecule has 0 aliphatic rings. The number of rotatable bonds is 10. The van der Waals surface area contributed by atoms with Crippen LogP contribution in [0.1, 0.15) is 45.2 Å². The minimum Gasteiger partial charge on any atom is -0.484 e. The number of amides is 1. The molecule has 0 spiro atoms. The molecule has 1 atom stereocenters. The van der Waals surface area contributed by atoms with E-state index in [1.165, 1.54) is 12.1 Å². The van der Waals surface area contributed by atoms with Gasteiger partial charge in [0.25, 0.3) is 5.91 Å². The van der Waals surface area contributed by atoms with E-state index < -0.39 is 10.0 Å². The van der Waals surface area contributed by atoms with Crippen molar-refractivity contribution in [2.45, 2.75) is 57.9 Å². The minimum absolute atomic E-state index is 0.144. The van der Waals surface area contributed by atoms with Gasteiger partial charge in [-0.15, -0.1) is 0 Å². The van der Waals surface area contributed by atoms with Crippen LogP contribution in [-0.4, -0.2) is 27.0 Å². The van der Waals surface area contributed by atoms with E-state index in [-0.39, 0.29) is 23.5 Å². The highest BCUT2D eigenvalue weighted by Gasteiger charge is 2.17. The molecule has 2 aromatic carbocycles. The van der Waals surface area contributed by atoms with Gasteiger partial charge < -0.3 is 10.1 Å². The van der Waals surface area contributed by atoms with Crippen molar-refractivity contribution in [2.24, 2.45) is 0 Å². The third-order valence-electron chi connectivity index (χ3n) is 4.77. The van der Waals surface area contributed by atoms with Crippen molar-refractivity contribution in [3.05, 3.63) is 52.0 Å². The monoisotopic (exact) mass is 496 g/mol. The number of hydrogen-bond acceptors (Lipinski definition) is 4. The molecule has 2 rings (SSSR count). The summed E-state index contributed by atoms with van der Waals surface area (Å²) in [5.41, 5.74) is 2.94. The number of carbonyl (C=O) groups excluding carboxylic acids is 1. The smallest absolute Gasteiger partial charge is 0.262 e. The summed E-state index contributed by atoms with van der Waals surface area (Å²) >= 11 is 3.51. The fourth-order valence-electron chi connectivity index (χ4n) is 2.90. The predicted octanol–water partition coefficient (Wildman–Crippen LogP) is 4.67. The fraction of sp³-hybridized carbons (Fsp3) is 0.409. The quantitative estimate of drug-likeness (QED) is 0.500. The van der Waals surface area contributed by atoms with Gasteiger partial charge in [-0.2, -0.15) is 0 Å². The number of sulfonamides is 1. The number of anilines is 1. The first-order chi connectivity index (χ1) is 14.2. The average Bonchev–Trinajstić information content (AvgIpc) is 2.72. The zero-order chi connectivity index (χ0) is 22.3. The van der Waals surface area contributed by atoms with Crippen LogP contribution in [0.4, 0.5) is 5.69 Å². The molecule has 0 aliphatic carbocycles. The maximum absolute atomic E-state index is 12.4. The van der Waals surface area contributed by atoms with Gasteiger partial charge in [0.1, 0.15) is 5.75 Å². The van der Waals surface area contributed by atoms with E-state index in [1.54, 1.807) is 12.1 Å². The molecule has 0 unspecified atom stereocenters. The van der Waals surface area contributed by atoms with Crippen LogP contribution in [0.5, 0.6) is 5.75 Å². The lowest BCUT2D eigenvalue weighted by atomic mass is 10.0. The summed E-state index contributed by atoms with van der Waals surface area (Å²) in [5, 5.41) is 2.95. The number of carbonyl (C=O) groups is 1. The van der Waals surface area contributed by atoms with E-state index in [9.17, 15) is 13.2 Å². The highest BCUT2D eigenvalue weighted by molar-refractivity contribution is 9.10. The Morgan fingerprint density at radius 1 is 1.07 bits per heavy atom. The van der Waals surface area contributed by atoms with Crippen LogP contribution in [0.3, 0.4) is 0 Å². The van der Waals surface area contributed by atoms with Crippen LogP contribution < -0.4 is 14.8 Å². The molecule has 0 saturated carbocycles. The van der Waals surface area contributed by atoms with Crippen LogP contribution >= 0.6 is 15.9 Å². The Balaban J connectivity index is 2.02. The van der Waals surface area contributed by atoms with Gasteiger partial charge in [0.2, 0.25) is 10.0 Å². The molecule has 30 heavy (non-hydrogen) atoms. The Morgan fingerprint density at radius 2 is 1.63 bits per heavy atom. The molecule has 1 amide bonds. The molecule has 0 bridgehead atoms. The SMILES string of the molecule is CCc1cc(Br)cc(CC)c1NC(=O)COc1ccc(S(=O)(=O)N[C@H](C)CC)cc1. The van der Waals surface area contributed by atoms with E-state index in [4.69, 9.17) is 4.74 Å². The normalized spacial score (nSPS) is 12.4. The van der Waals surface area contributed by atoms with Crippen LogP contribution in [0.2, 0.25) is 0 Å². The lowest BCUT2D eigenvalue weighted by molar-refractivity contribution is -0.118. The Morgan fingerprint density at radius 3 is 2.13 bits per heavy atom. The van der Waals surface area contributed by atoms with Crippen molar-refractivity contribution in [3.8, 4) is 5.75 Å². The topological polar surface area (TPSA) is 84.5 Å². The van der Waals surface area contributed by atoms with Crippen LogP contribution in [0.15, 0.2) is 45.8 Å². The molecule has 164 valence electrons. The van der Waals surface area contributed by atoms with Crippen molar-refractivity contribution in [1.29, 1.82) is 0 Å². The van der Waals surface area contributed by atoms with Crippen molar-refractivity contribution in [2.75, 3.05) is 11.9 Å². The molecule has 2 N–H and O–H groups in total. The van der Waals surface area contributed by atoms with Crippen LogP contribution in [0, 0.1) is 0 Å². The Kier molecular flexibility index (Phi) is 8.88. The first-order valence-electron chi connectivity index (χ1n) is 10.1. The molecule has 0 radical (unpaired) electrons. The number of ether oxygens (including phenoxy) is 1. The second kappa shape index (κ2) is 10.9. The molecule has 8 heteroatoms. The average molecular weight is 497 g/mol. The highest BCUT2D eigenvalue weighted by atomic mass is 79.9. The van der Waals surface area contributed by atoms with Gasteiger partial charge >= 0.3 is 0 Å². The first-order valence-corrected chi connectivity index (χ1v) is 12.3. The zero-order valence-corrected chi connectivity index (χ0v) is 20.2. The predicted molar refractivity (Wildman–Crippen MR) is 124 cm³/mol. The lowest BCUT2D eigenvalue weighted by Crippen LogP contribution is -2.31. The summed E-state index contributed by atoms with van der Waals surface area (Å²) in [6, 6.07) is 9.90. The lowest BCUT2D eigenvalue weighted by Gasteiger charge is -2.16. The minimum atomic E-state index is -3.57. The molecule has 0 saturated heterocycles. The summed E-state index contributed by atoms with van der Waals surface area (Å²) in [6.45, 7) is 7.64. The summed E-state index contributed by atoms with van der Waals surface area (Å²) in [4.78, 5) is 12.6. The van der Waals surface area contributed by atoms with Gasteiger partial charge in [-0.3, -0.25) is 4.79 Å². The van der Waals surface area contributed by atoms with Gasteiger partial charge in [-0.1, -0.05) is 36.7 Å². The molecular weight excluding hydrogens is 468 g/mol. The standard InChI is InChI=1S/C22H29BrN2O4S/c1-5-15(4)25-30(27,28)20-10-8-19(9-11-20)29-14-21(26)24-22-16(6-2)12-18(23)13-17(22)7-3/h8-13,15,25H,5-7,14H2,1-4H3,(H,24,26)/t15-/m1/s1. The fourth-order valence-corrected chi connectivity index (χ4v) is 4.78. The van der Waals surface area contributed by atoms with Crippen molar-refractivity contribution >= 4 is 37.5 Å². The van der Waals surface area contributed by atoms with E-state index in [0.717, 1.165) is 34.1 Å². The Labute approximate surface area is 187 Å². The van der Waals surface area contributed by atoms with E-state index in [0.29, 0.717) is 12.2 Å². The highest BCUT2D eigenvalue weighted by Crippen LogP contribution is 2.27. The van der Waals surface area contributed by atoms with E-state index in [2.05, 4.69) is 26.0 Å². The zero-order valence-electron chi connectivity index (χ0n) is 17.8. The van der Waals surface area contributed by atoms with Gasteiger partial charge in [0.15, 0.2) is 6.61 Å². The summed E-state index contributed by atoms with van der Waals surface area (Å²) in [5.74, 6) is 0.159. The van der Waals surface area contributed by atoms with Gasteiger partial charge in [-0.25, -0.2) is 13.1 Å². The number of aryl methyl sites for hydroxylation is 2. The van der Waals surface area contributed by atoms with Crippen LogP contribution in [0.25, 0.3) is 0 Å². The number of halogens is 1. The molecule has 0 fully saturated rings. The molecule has 2 aromatic rings. The van der Waals surface area contributed by atoms with E-state index >= 15 is 0 Å². The maximum atomic E-state index is 12.4. The third-order valence-corrected chi connectivity index (χ3v) is 6.83. The van der Waals surface area contributed by atoms with Crippen molar-refractivity contribution in [3.63, 3.8) is 0 Å². The summed E-state index contributed by atoms with van der Waals surface area (Å²) in [7, 11) is -3.57. The summed E-state index contributed by atoms with van der Waals surface area (Å²) < 4.78 is 33.8. The van der Waals surface area contributed by atoms with Gasteiger partial charge in [0.05, 0.1) is 4.90 Å². The molecule has 0 heterocycles. The van der Waals surface area contributed by atoms with Gasteiger partial charge in [0, 0.05) is 16.2 Å². The maximum Gasteiger partial charge on any atom is 0.262 e. The summed E-state index contributed by atoms with van der Waals surface area (Å²) in [6.07, 6.45) is 2.29. The molecule has 0 aromatic heterocycles. The van der Waals surface area contributed by atoms with Crippen LogP contribution in [-0.2, 0) is 27.7 Å².